The highest BCUT2D eigenvalue weighted by atomic mass is 16.5. The van der Waals surface area contributed by atoms with Crippen LogP contribution in [0.25, 0.3) is 0 Å². The number of urea groups is 1. The smallest absolute Gasteiger partial charge is 0.317 e. The molecular weight excluding hydrogens is 272 g/mol. The maximum absolute atomic E-state index is 12.1. The van der Waals surface area contributed by atoms with Gasteiger partial charge in [-0.15, -0.1) is 0 Å². The molecule has 1 fully saturated rings. The van der Waals surface area contributed by atoms with E-state index in [1.165, 1.54) is 0 Å². The van der Waals surface area contributed by atoms with Crippen LogP contribution >= 0.6 is 0 Å². The minimum atomic E-state index is -0.757. The highest BCUT2D eigenvalue weighted by Crippen LogP contribution is 2.22. The molecule has 0 bridgehead atoms. The second kappa shape index (κ2) is 8.87. The number of carboxylic acids is 1. The summed E-state index contributed by atoms with van der Waals surface area (Å²) >= 11 is 0. The van der Waals surface area contributed by atoms with Gasteiger partial charge < -0.3 is 20.1 Å². The number of nitrogens with one attached hydrogen (secondary N) is 1. The maximum Gasteiger partial charge on any atom is 0.317 e. The van der Waals surface area contributed by atoms with Crippen molar-refractivity contribution in [3.05, 3.63) is 0 Å². The molecule has 1 aliphatic heterocycles. The number of nitrogens with zero attached hydrogens (tertiary/aromatic N) is 1. The highest BCUT2D eigenvalue weighted by Gasteiger charge is 2.31. The fraction of sp³-hybridized carbons (Fsp3) is 0.867. The molecule has 2 atom stereocenters. The molecular formula is C15H28N2O4. The molecule has 0 aromatic carbocycles. The van der Waals surface area contributed by atoms with Crippen LogP contribution in [0.4, 0.5) is 4.79 Å². The molecule has 21 heavy (non-hydrogen) atoms. The Morgan fingerprint density at radius 3 is 2.67 bits per heavy atom. The summed E-state index contributed by atoms with van der Waals surface area (Å²) in [5, 5.41) is 11.9. The van der Waals surface area contributed by atoms with E-state index < -0.39 is 5.97 Å². The van der Waals surface area contributed by atoms with Gasteiger partial charge >= 0.3 is 12.0 Å². The first-order valence-corrected chi connectivity index (χ1v) is 7.80. The zero-order chi connectivity index (χ0) is 15.8. The number of carbonyl (C=O) groups excluding carboxylic acids is 1. The highest BCUT2D eigenvalue weighted by molar-refractivity contribution is 5.75. The van der Waals surface area contributed by atoms with E-state index >= 15 is 0 Å². The molecule has 0 spiro atoms. The van der Waals surface area contributed by atoms with Gasteiger partial charge in [-0.2, -0.15) is 0 Å². The van der Waals surface area contributed by atoms with Crippen molar-refractivity contribution in [1.82, 2.24) is 10.2 Å². The largest absolute Gasteiger partial charge is 0.481 e. The molecule has 6 nitrogen and oxygen atoms in total. The number of piperidine rings is 1. The van der Waals surface area contributed by atoms with E-state index in [4.69, 9.17) is 9.84 Å². The number of ether oxygens (including phenoxy) is 1. The van der Waals surface area contributed by atoms with Crippen molar-refractivity contribution in [2.75, 3.05) is 19.7 Å². The van der Waals surface area contributed by atoms with Crippen molar-refractivity contribution in [2.45, 2.75) is 58.6 Å². The van der Waals surface area contributed by atoms with E-state index in [2.05, 4.69) is 5.32 Å². The Morgan fingerprint density at radius 2 is 2.10 bits per heavy atom. The fourth-order valence-corrected chi connectivity index (χ4v) is 2.54. The van der Waals surface area contributed by atoms with Crippen molar-refractivity contribution in [1.29, 1.82) is 0 Å². The number of rotatable bonds is 7. The molecule has 0 saturated carbocycles. The number of hydrogen-bond donors (Lipinski definition) is 2. The lowest BCUT2D eigenvalue weighted by molar-refractivity contribution is -0.143. The molecule has 1 saturated heterocycles. The predicted molar refractivity (Wildman–Crippen MR) is 80.2 cm³/mol. The van der Waals surface area contributed by atoms with Gasteiger partial charge in [-0.05, 0) is 46.5 Å². The van der Waals surface area contributed by atoms with E-state index in [0.29, 0.717) is 32.5 Å². The number of carbonyl (C=O) groups is 2. The molecule has 6 heteroatoms. The molecule has 0 aliphatic carbocycles. The summed E-state index contributed by atoms with van der Waals surface area (Å²) in [6.07, 6.45) is 3.13. The number of unbranched alkanes of at least 4 members (excludes halogenated alkanes) is 1. The molecule has 2 amide bonds. The fourth-order valence-electron chi connectivity index (χ4n) is 2.54. The Hall–Kier alpha value is -1.30. The van der Waals surface area contributed by atoms with Crippen LogP contribution in [-0.2, 0) is 9.53 Å². The first-order valence-electron chi connectivity index (χ1n) is 7.80. The Labute approximate surface area is 126 Å². The molecule has 2 unspecified atom stereocenters. The summed E-state index contributed by atoms with van der Waals surface area (Å²) in [7, 11) is 0. The minimum Gasteiger partial charge on any atom is -0.481 e. The minimum absolute atomic E-state index is 0.0240. The third-order valence-electron chi connectivity index (χ3n) is 3.78. The Morgan fingerprint density at radius 1 is 1.38 bits per heavy atom. The SMILES string of the molecule is CC(C)OCCCCNC(=O)N1CCC(C(=O)O)CC1C. The average molecular weight is 300 g/mol. The van der Waals surface area contributed by atoms with Crippen LogP contribution in [0.2, 0.25) is 0 Å². The lowest BCUT2D eigenvalue weighted by atomic mass is 9.92. The van der Waals surface area contributed by atoms with Crippen LogP contribution in [-0.4, -0.2) is 53.8 Å². The quantitative estimate of drug-likeness (QED) is 0.706. The van der Waals surface area contributed by atoms with Crippen LogP contribution < -0.4 is 5.32 Å². The summed E-state index contributed by atoms with van der Waals surface area (Å²) in [4.78, 5) is 24.8. The maximum atomic E-state index is 12.1. The molecule has 0 aromatic heterocycles. The normalized spacial score (nSPS) is 22.4. The molecule has 122 valence electrons. The first kappa shape index (κ1) is 17.8. The summed E-state index contributed by atoms with van der Waals surface area (Å²) in [6.45, 7) is 7.78. The van der Waals surface area contributed by atoms with Gasteiger partial charge in [0.25, 0.3) is 0 Å². The second-order valence-electron chi connectivity index (χ2n) is 5.96. The van der Waals surface area contributed by atoms with E-state index in [9.17, 15) is 9.59 Å². The van der Waals surface area contributed by atoms with Crippen LogP contribution in [0, 0.1) is 5.92 Å². The van der Waals surface area contributed by atoms with E-state index in [0.717, 1.165) is 12.8 Å². The Balaban J connectivity index is 2.19. The van der Waals surface area contributed by atoms with Gasteiger partial charge in [0.05, 0.1) is 12.0 Å². The number of amides is 2. The standard InChI is InChI=1S/C15H28N2O4/c1-11(2)21-9-5-4-7-16-15(20)17-8-6-13(14(18)19)10-12(17)3/h11-13H,4-10H2,1-3H3,(H,16,20)(H,18,19). The predicted octanol–water partition coefficient (Wildman–Crippen LogP) is 2.09. The topological polar surface area (TPSA) is 78.9 Å². The summed E-state index contributed by atoms with van der Waals surface area (Å²) in [5.74, 6) is -1.08. The van der Waals surface area contributed by atoms with Crippen molar-refractivity contribution in [2.24, 2.45) is 5.92 Å². The van der Waals surface area contributed by atoms with Gasteiger partial charge in [0, 0.05) is 25.7 Å². The third kappa shape index (κ3) is 6.33. The van der Waals surface area contributed by atoms with Crippen LogP contribution in [0.3, 0.4) is 0 Å². The summed E-state index contributed by atoms with van der Waals surface area (Å²) < 4.78 is 5.44. The van der Waals surface area contributed by atoms with Gasteiger partial charge in [-0.1, -0.05) is 0 Å². The molecule has 1 aliphatic rings. The van der Waals surface area contributed by atoms with E-state index in [1.807, 2.05) is 20.8 Å². The molecule has 2 N–H and O–H groups in total. The van der Waals surface area contributed by atoms with Crippen LogP contribution in [0.1, 0.15) is 46.5 Å². The molecule has 0 radical (unpaired) electrons. The van der Waals surface area contributed by atoms with Gasteiger partial charge in [-0.3, -0.25) is 4.79 Å². The van der Waals surface area contributed by atoms with Crippen LogP contribution in [0.15, 0.2) is 0 Å². The monoisotopic (exact) mass is 300 g/mol. The van der Waals surface area contributed by atoms with Gasteiger partial charge in [0.1, 0.15) is 0 Å². The number of likely N-dealkylation sites (tertiary alicyclic amines) is 1. The molecule has 1 rings (SSSR count). The van der Waals surface area contributed by atoms with Crippen molar-refractivity contribution >= 4 is 12.0 Å². The number of hydrogen-bond acceptors (Lipinski definition) is 3. The third-order valence-corrected chi connectivity index (χ3v) is 3.78. The number of carboxylic acid groups (broad SMARTS) is 1. The van der Waals surface area contributed by atoms with Crippen molar-refractivity contribution < 1.29 is 19.4 Å². The lowest BCUT2D eigenvalue weighted by Gasteiger charge is -2.36. The van der Waals surface area contributed by atoms with E-state index in [-0.39, 0.29) is 24.1 Å². The first-order chi connectivity index (χ1) is 9.91. The van der Waals surface area contributed by atoms with Gasteiger partial charge in [-0.25, -0.2) is 4.79 Å². The second-order valence-corrected chi connectivity index (χ2v) is 5.96. The number of aliphatic carboxylic acids is 1. The van der Waals surface area contributed by atoms with Gasteiger partial charge in [0.15, 0.2) is 0 Å². The Bertz CT molecular complexity index is 347. The summed E-state index contributed by atoms with van der Waals surface area (Å²) in [5.41, 5.74) is 0. The van der Waals surface area contributed by atoms with Crippen molar-refractivity contribution in [3.8, 4) is 0 Å². The zero-order valence-corrected chi connectivity index (χ0v) is 13.3. The van der Waals surface area contributed by atoms with E-state index in [1.54, 1.807) is 4.90 Å². The lowest BCUT2D eigenvalue weighted by Crippen LogP contribution is -2.50. The van der Waals surface area contributed by atoms with Gasteiger partial charge in [0.2, 0.25) is 0 Å². The summed E-state index contributed by atoms with van der Waals surface area (Å²) in [6, 6.07) is -0.111. The average Bonchev–Trinajstić information content (AvgIpc) is 2.41. The van der Waals surface area contributed by atoms with Crippen molar-refractivity contribution in [3.63, 3.8) is 0 Å². The Kier molecular flexibility index (Phi) is 7.50. The molecule has 0 aromatic rings. The molecule has 1 heterocycles. The zero-order valence-electron chi connectivity index (χ0n) is 13.3. The van der Waals surface area contributed by atoms with Crippen LogP contribution in [0.5, 0.6) is 0 Å².